The highest BCUT2D eigenvalue weighted by atomic mass is 16.1. The fraction of sp³-hybridized carbons (Fsp3) is 0.222. The Kier molecular flexibility index (Phi) is 2.33. The first-order chi connectivity index (χ1) is 5.63. The maximum absolute atomic E-state index is 10.9. The highest BCUT2D eigenvalue weighted by molar-refractivity contribution is 5.98. The van der Waals surface area contributed by atoms with Crippen LogP contribution in [0.2, 0.25) is 0 Å². The number of carbonyl (C=O) groups excluding carboxylic acids is 1. The highest BCUT2D eigenvalue weighted by Gasteiger charge is 2.07. The van der Waals surface area contributed by atoms with E-state index in [2.05, 4.69) is 0 Å². The number of anilines is 1. The molecule has 0 aliphatic rings. The molecular weight excluding hydrogens is 152 g/mol. The van der Waals surface area contributed by atoms with Gasteiger partial charge in [-0.3, -0.25) is 4.79 Å². The van der Waals surface area contributed by atoms with Crippen LogP contribution in [0.5, 0.6) is 0 Å². The van der Waals surface area contributed by atoms with Crippen LogP contribution in [0.4, 0.5) is 5.69 Å². The molecule has 3 nitrogen and oxygen atoms in total. The smallest absolute Gasteiger partial charge is 0.250 e. The summed E-state index contributed by atoms with van der Waals surface area (Å²) in [7, 11) is 3.75. The van der Waals surface area contributed by atoms with Crippen molar-refractivity contribution in [3.8, 4) is 0 Å². The molecule has 0 aromatic heterocycles. The van der Waals surface area contributed by atoms with Crippen molar-refractivity contribution in [3.63, 3.8) is 0 Å². The molecule has 2 N–H and O–H groups in total. The first-order valence-corrected chi connectivity index (χ1v) is 3.69. The molecule has 1 rings (SSSR count). The van der Waals surface area contributed by atoms with Crippen LogP contribution in [-0.2, 0) is 0 Å². The average Bonchev–Trinajstić information content (AvgIpc) is 2.04. The third kappa shape index (κ3) is 1.56. The van der Waals surface area contributed by atoms with Crippen LogP contribution >= 0.6 is 0 Å². The molecule has 1 aromatic rings. The van der Waals surface area contributed by atoms with Gasteiger partial charge in [-0.2, -0.15) is 0 Å². The lowest BCUT2D eigenvalue weighted by atomic mass is 10.1. The molecule has 0 spiro atoms. The van der Waals surface area contributed by atoms with E-state index < -0.39 is 0 Å². The summed E-state index contributed by atoms with van der Waals surface area (Å²) >= 11 is 0. The predicted octanol–water partition coefficient (Wildman–Crippen LogP) is 0.851. The molecule has 0 aliphatic heterocycles. The van der Waals surface area contributed by atoms with Gasteiger partial charge in [0, 0.05) is 19.8 Å². The molecule has 0 saturated carbocycles. The SMILES string of the molecule is CN(C)c1ccccc1C(N)=O. The molecular formula is C9H12N2O. The van der Waals surface area contributed by atoms with Gasteiger partial charge >= 0.3 is 0 Å². The monoisotopic (exact) mass is 164 g/mol. The molecule has 12 heavy (non-hydrogen) atoms. The van der Waals surface area contributed by atoms with Crippen molar-refractivity contribution in [2.24, 2.45) is 5.73 Å². The minimum atomic E-state index is -0.390. The zero-order valence-corrected chi connectivity index (χ0v) is 7.24. The quantitative estimate of drug-likeness (QED) is 0.704. The Balaban J connectivity index is 3.17. The molecule has 0 atom stereocenters. The van der Waals surface area contributed by atoms with Gasteiger partial charge in [0.15, 0.2) is 0 Å². The van der Waals surface area contributed by atoms with Crippen LogP contribution in [0.25, 0.3) is 0 Å². The molecule has 0 radical (unpaired) electrons. The van der Waals surface area contributed by atoms with Crippen molar-refractivity contribution < 1.29 is 4.79 Å². The Labute approximate surface area is 71.8 Å². The number of nitrogens with zero attached hydrogens (tertiary/aromatic N) is 1. The van der Waals surface area contributed by atoms with Crippen LogP contribution in [0.15, 0.2) is 24.3 Å². The van der Waals surface area contributed by atoms with Crippen molar-refractivity contribution >= 4 is 11.6 Å². The normalized spacial score (nSPS) is 9.50. The van der Waals surface area contributed by atoms with E-state index in [-0.39, 0.29) is 5.91 Å². The fourth-order valence-electron chi connectivity index (χ4n) is 1.07. The zero-order chi connectivity index (χ0) is 9.14. The van der Waals surface area contributed by atoms with E-state index in [1.807, 2.05) is 31.1 Å². The average molecular weight is 164 g/mol. The standard InChI is InChI=1S/C9H12N2O/c1-11(2)8-6-4-3-5-7(8)9(10)12/h3-6H,1-2H3,(H2,10,12). The van der Waals surface area contributed by atoms with Crippen molar-refractivity contribution in [2.75, 3.05) is 19.0 Å². The summed E-state index contributed by atoms with van der Waals surface area (Å²) in [6.45, 7) is 0. The van der Waals surface area contributed by atoms with E-state index in [9.17, 15) is 4.79 Å². The second kappa shape index (κ2) is 3.26. The maximum atomic E-state index is 10.9. The van der Waals surface area contributed by atoms with E-state index in [0.29, 0.717) is 5.56 Å². The van der Waals surface area contributed by atoms with Gasteiger partial charge < -0.3 is 10.6 Å². The molecule has 0 fully saturated rings. The van der Waals surface area contributed by atoms with Crippen molar-refractivity contribution in [2.45, 2.75) is 0 Å². The van der Waals surface area contributed by atoms with E-state index in [1.54, 1.807) is 12.1 Å². The van der Waals surface area contributed by atoms with Crippen LogP contribution in [-0.4, -0.2) is 20.0 Å². The van der Waals surface area contributed by atoms with E-state index >= 15 is 0 Å². The van der Waals surface area contributed by atoms with Gasteiger partial charge in [0.2, 0.25) is 0 Å². The third-order valence-corrected chi connectivity index (χ3v) is 1.65. The number of para-hydroxylation sites is 1. The molecule has 0 heterocycles. The van der Waals surface area contributed by atoms with E-state index in [1.165, 1.54) is 0 Å². The summed E-state index contributed by atoms with van der Waals surface area (Å²) in [5.41, 5.74) is 6.60. The summed E-state index contributed by atoms with van der Waals surface area (Å²) in [5.74, 6) is -0.390. The van der Waals surface area contributed by atoms with Gasteiger partial charge in [-0.25, -0.2) is 0 Å². The number of rotatable bonds is 2. The molecule has 1 aromatic carbocycles. The molecule has 0 unspecified atom stereocenters. The van der Waals surface area contributed by atoms with Crippen LogP contribution in [0, 0.1) is 0 Å². The maximum Gasteiger partial charge on any atom is 0.250 e. The molecule has 64 valence electrons. The number of primary amides is 1. The van der Waals surface area contributed by atoms with E-state index in [4.69, 9.17) is 5.73 Å². The molecule has 0 bridgehead atoms. The van der Waals surface area contributed by atoms with Gasteiger partial charge in [-0.15, -0.1) is 0 Å². The van der Waals surface area contributed by atoms with Crippen molar-refractivity contribution in [1.29, 1.82) is 0 Å². The topological polar surface area (TPSA) is 46.3 Å². The van der Waals surface area contributed by atoms with Crippen LogP contribution < -0.4 is 10.6 Å². The van der Waals surface area contributed by atoms with E-state index in [0.717, 1.165) is 5.69 Å². The second-order valence-electron chi connectivity index (χ2n) is 2.78. The summed E-state index contributed by atoms with van der Waals surface area (Å²) < 4.78 is 0. The largest absolute Gasteiger partial charge is 0.377 e. The predicted molar refractivity (Wildman–Crippen MR) is 49.3 cm³/mol. The van der Waals surface area contributed by atoms with Gasteiger partial charge in [0.05, 0.1) is 5.56 Å². The lowest BCUT2D eigenvalue weighted by molar-refractivity contribution is 0.100. The van der Waals surface area contributed by atoms with Gasteiger partial charge in [-0.1, -0.05) is 12.1 Å². The number of nitrogens with two attached hydrogens (primary N) is 1. The summed E-state index contributed by atoms with van der Waals surface area (Å²) in [4.78, 5) is 12.8. The number of hydrogen-bond acceptors (Lipinski definition) is 2. The lowest BCUT2D eigenvalue weighted by Gasteiger charge is -2.14. The summed E-state index contributed by atoms with van der Waals surface area (Å²) in [6, 6.07) is 7.26. The van der Waals surface area contributed by atoms with Gasteiger partial charge in [0.25, 0.3) is 5.91 Å². The second-order valence-corrected chi connectivity index (χ2v) is 2.78. The molecule has 0 saturated heterocycles. The summed E-state index contributed by atoms with van der Waals surface area (Å²) in [5, 5.41) is 0. The van der Waals surface area contributed by atoms with Crippen LogP contribution in [0.1, 0.15) is 10.4 Å². The Bertz CT molecular complexity index is 294. The van der Waals surface area contributed by atoms with Gasteiger partial charge in [0.1, 0.15) is 0 Å². The number of hydrogen-bond donors (Lipinski definition) is 1. The Morgan fingerprint density at radius 1 is 1.33 bits per heavy atom. The molecule has 1 amide bonds. The Morgan fingerprint density at radius 3 is 2.33 bits per heavy atom. The Morgan fingerprint density at radius 2 is 1.92 bits per heavy atom. The van der Waals surface area contributed by atoms with Crippen molar-refractivity contribution in [3.05, 3.63) is 29.8 Å². The number of benzene rings is 1. The fourth-order valence-corrected chi connectivity index (χ4v) is 1.07. The van der Waals surface area contributed by atoms with Crippen molar-refractivity contribution in [1.82, 2.24) is 0 Å². The summed E-state index contributed by atoms with van der Waals surface area (Å²) in [6.07, 6.45) is 0. The zero-order valence-electron chi connectivity index (χ0n) is 7.24. The third-order valence-electron chi connectivity index (χ3n) is 1.65. The minimum Gasteiger partial charge on any atom is -0.377 e. The minimum absolute atomic E-state index is 0.390. The first kappa shape index (κ1) is 8.59. The lowest BCUT2D eigenvalue weighted by Crippen LogP contribution is -2.18. The van der Waals surface area contributed by atoms with Gasteiger partial charge in [-0.05, 0) is 12.1 Å². The molecule has 0 aliphatic carbocycles. The molecule has 3 heteroatoms. The first-order valence-electron chi connectivity index (χ1n) is 3.69. The number of amides is 1. The van der Waals surface area contributed by atoms with Crippen LogP contribution in [0.3, 0.4) is 0 Å². The highest BCUT2D eigenvalue weighted by Crippen LogP contribution is 2.16. The Hall–Kier alpha value is -1.51. The number of carbonyl (C=O) groups is 1.